The Balaban J connectivity index is 1.51. The van der Waals surface area contributed by atoms with Crippen LogP contribution in [0.5, 0.6) is 0 Å². The van der Waals surface area contributed by atoms with E-state index in [0.717, 1.165) is 31.0 Å². The van der Waals surface area contributed by atoms with Crippen molar-refractivity contribution >= 4 is 17.7 Å². The molecule has 1 saturated heterocycles. The van der Waals surface area contributed by atoms with Crippen LogP contribution in [0.25, 0.3) is 0 Å². The van der Waals surface area contributed by atoms with Crippen LogP contribution in [0.2, 0.25) is 0 Å². The smallest absolute Gasteiger partial charge is 0.231 e. The Labute approximate surface area is 139 Å². The molecular weight excluding hydrogens is 310 g/mol. The summed E-state index contributed by atoms with van der Waals surface area (Å²) in [4.78, 5) is 20.6. The Morgan fingerprint density at radius 2 is 2.26 bits per heavy atom. The van der Waals surface area contributed by atoms with E-state index in [1.807, 2.05) is 17.0 Å². The number of hydrogen-bond donors (Lipinski definition) is 0. The molecule has 0 unspecified atom stereocenters. The number of benzene rings is 1. The fourth-order valence-electron chi connectivity index (χ4n) is 3.46. The average Bonchev–Trinajstić information content (AvgIpc) is 3.20. The van der Waals surface area contributed by atoms with Gasteiger partial charge in [-0.25, -0.2) is 0 Å². The molecule has 3 heterocycles. The van der Waals surface area contributed by atoms with Gasteiger partial charge in [-0.05, 0) is 24.5 Å². The van der Waals surface area contributed by atoms with Crippen molar-refractivity contribution in [3.05, 3.63) is 41.5 Å². The molecule has 1 aromatic carbocycles. The van der Waals surface area contributed by atoms with Crippen molar-refractivity contribution in [2.75, 3.05) is 18.8 Å². The highest BCUT2D eigenvalue weighted by Crippen LogP contribution is 2.41. The third-order valence-corrected chi connectivity index (χ3v) is 5.82. The average molecular weight is 329 g/mol. The second-order valence-electron chi connectivity index (χ2n) is 6.20. The molecule has 2 aliphatic heterocycles. The van der Waals surface area contributed by atoms with Crippen molar-refractivity contribution < 1.29 is 9.32 Å². The lowest BCUT2D eigenvalue weighted by molar-refractivity contribution is -0.133. The molecule has 0 N–H and O–H groups in total. The van der Waals surface area contributed by atoms with Crippen molar-refractivity contribution in [3.8, 4) is 0 Å². The number of thioether (sulfide) groups is 1. The van der Waals surface area contributed by atoms with Gasteiger partial charge in [0.05, 0.1) is 5.92 Å². The van der Waals surface area contributed by atoms with Crippen LogP contribution in [-0.4, -0.2) is 39.8 Å². The van der Waals surface area contributed by atoms with Gasteiger partial charge in [-0.15, -0.1) is 11.8 Å². The van der Waals surface area contributed by atoms with Crippen molar-refractivity contribution in [1.29, 1.82) is 0 Å². The molecule has 120 valence electrons. The summed E-state index contributed by atoms with van der Waals surface area (Å²) in [6, 6.07) is 8.25. The fraction of sp³-hybridized carbons (Fsp3) is 0.471. The molecule has 0 bridgehead atoms. The van der Waals surface area contributed by atoms with E-state index in [4.69, 9.17) is 4.52 Å². The Kier molecular flexibility index (Phi) is 3.85. The van der Waals surface area contributed by atoms with Crippen molar-refractivity contribution in [3.63, 3.8) is 0 Å². The summed E-state index contributed by atoms with van der Waals surface area (Å²) in [6.07, 6.45) is 2.00. The van der Waals surface area contributed by atoms with Crippen molar-refractivity contribution in [2.24, 2.45) is 0 Å². The third-order valence-electron chi connectivity index (χ3n) is 4.64. The topological polar surface area (TPSA) is 59.2 Å². The SMILES string of the molecule is Cc1nc([C@H]2CCCN(C(=O)[C@H]3CSc4ccccc43)C2)no1. The normalized spacial score (nSPS) is 23.8. The highest BCUT2D eigenvalue weighted by atomic mass is 32.2. The number of piperidine rings is 1. The summed E-state index contributed by atoms with van der Waals surface area (Å²) in [7, 11) is 0. The van der Waals surface area contributed by atoms with Gasteiger partial charge in [0.2, 0.25) is 11.8 Å². The van der Waals surface area contributed by atoms with E-state index in [1.54, 1.807) is 18.7 Å². The zero-order chi connectivity index (χ0) is 15.8. The number of carbonyl (C=O) groups excluding carboxylic acids is 1. The van der Waals surface area contributed by atoms with Gasteiger partial charge in [-0.1, -0.05) is 23.4 Å². The quantitative estimate of drug-likeness (QED) is 0.848. The largest absolute Gasteiger partial charge is 0.341 e. The molecule has 4 rings (SSSR count). The van der Waals surface area contributed by atoms with E-state index < -0.39 is 0 Å². The summed E-state index contributed by atoms with van der Waals surface area (Å²) < 4.78 is 5.09. The van der Waals surface area contributed by atoms with Crippen LogP contribution in [0.1, 0.15) is 42.0 Å². The molecule has 2 aromatic rings. The second kappa shape index (κ2) is 6.00. The predicted octanol–water partition coefficient (Wildman–Crippen LogP) is 2.97. The Bertz CT molecular complexity index is 730. The standard InChI is InChI=1S/C17H19N3O2S/c1-11-18-16(19-22-11)12-5-4-8-20(9-12)17(21)14-10-23-15-7-3-2-6-13(14)15/h2-3,6-7,12,14H,4-5,8-10H2,1H3/t12-,14-/m0/s1. The number of fused-ring (bicyclic) bond motifs is 1. The summed E-state index contributed by atoms with van der Waals surface area (Å²) in [5.41, 5.74) is 1.18. The highest BCUT2D eigenvalue weighted by molar-refractivity contribution is 7.99. The minimum Gasteiger partial charge on any atom is -0.341 e. The van der Waals surface area contributed by atoms with E-state index in [9.17, 15) is 4.79 Å². The van der Waals surface area contributed by atoms with Crippen LogP contribution in [0, 0.1) is 6.92 Å². The first-order chi connectivity index (χ1) is 11.2. The number of rotatable bonds is 2. The van der Waals surface area contributed by atoms with Gasteiger partial charge >= 0.3 is 0 Å². The third kappa shape index (κ3) is 2.76. The van der Waals surface area contributed by atoms with Crippen LogP contribution in [0.4, 0.5) is 0 Å². The molecule has 5 nitrogen and oxygen atoms in total. The number of carbonyl (C=O) groups is 1. The van der Waals surface area contributed by atoms with Crippen LogP contribution >= 0.6 is 11.8 Å². The van der Waals surface area contributed by atoms with Gasteiger partial charge in [0.15, 0.2) is 5.82 Å². The highest BCUT2D eigenvalue weighted by Gasteiger charge is 2.35. The molecule has 1 amide bonds. The Hall–Kier alpha value is -1.82. The molecule has 0 saturated carbocycles. The van der Waals surface area contributed by atoms with Crippen LogP contribution in [-0.2, 0) is 4.79 Å². The maximum atomic E-state index is 13.0. The first kappa shape index (κ1) is 14.8. The van der Waals surface area contributed by atoms with Gasteiger partial charge in [0, 0.05) is 36.6 Å². The number of aromatic nitrogens is 2. The molecule has 0 radical (unpaired) electrons. The van der Waals surface area contributed by atoms with Crippen molar-refractivity contribution in [2.45, 2.75) is 36.5 Å². The Morgan fingerprint density at radius 1 is 1.39 bits per heavy atom. The molecule has 6 heteroatoms. The zero-order valence-corrected chi connectivity index (χ0v) is 13.9. The molecule has 0 aliphatic carbocycles. The van der Waals surface area contributed by atoms with Gasteiger partial charge in [0.25, 0.3) is 0 Å². The first-order valence-corrected chi connectivity index (χ1v) is 9.01. The number of amides is 1. The molecule has 23 heavy (non-hydrogen) atoms. The van der Waals surface area contributed by atoms with Crippen molar-refractivity contribution in [1.82, 2.24) is 15.0 Å². The number of aryl methyl sites for hydroxylation is 1. The molecule has 0 spiro atoms. The van der Waals surface area contributed by atoms with Gasteiger partial charge in [-0.2, -0.15) is 4.98 Å². The monoisotopic (exact) mass is 329 g/mol. The lowest BCUT2D eigenvalue weighted by Gasteiger charge is -2.33. The van der Waals surface area contributed by atoms with E-state index >= 15 is 0 Å². The first-order valence-electron chi connectivity index (χ1n) is 8.03. The van der Waals surface area contributed by atoms with Crippen LogP contribution in [0.15, 0.2) is 33.7 Å². The van der Waals surface area contributed by atoms with E-state index in [-0.39, 0.29) is 17.7 Å². The van der Waals surface area contributed by atoms with E-state index in [1.165, 1.54) is 10.5 Å². The van der Waals surface area contributed by atoms with E-state index in [2.05, 4.69) is 22.3 Å². The zero-order valence-electron chi connectivity index (χ0n) is 13.1. The van der Waals surface area contributed by atoms with Gasteiger partial charge in [0.1, 0.15) is 0 Å². The lowest BCUT2D eigenvalue weighted by atomic mass is 9.94. The van der Waals surface area contributed by atoms with Gasteiger partial charge < -0.3 is 9.42 Å². The number of likely N-dealkylation sites (tertiary alicyclic amines) is 1. The minimum absolute atomic E-state index is 0.0121. The molecule has 2 aliphatic rings. The molecule has 1 aromatic heterocycles. The molecule has 2 atom stereocenters. The number of nitrogens with zero attached hydrogens (tertiary/aromatic N) is 3. The van der Waals surface area contributed by atoms with Gasteiger partial charge in [-0.3, -0.25) is 4.79 Å². The predicted molar refractivity (Wildman–Crippen MR) is 87.5 cm³/mol. The molecule has 1 fully saturated rings. The second-order valence-corrected chi connectivity index (χ2v) is 7.26. The van der Waals surface area contributed by atoms with Crippen LogP contribution in [0.3, 0.4) is 0 Å². The maximum Gasteiger partial charge on any atom is 0.231 e. The Morgan fingerprint density at radius 3 is 3.09 bits per heavy atom. The summed E-state index contributed by atoms with van der Waals surface area (Å²) in [6.45, 7) is 3.32. The maximum absolute atomic E-state index is 13.0. The fourth-order valence-corrected chi connectivity index (χ4v) is 4.68. The summed E-state index contributed by atoms with van der Waals surface area (Å²) in [5, 5.41) is 4.04. The lowest BCUT2D eigenvalue weighted by Crippen LogP contribution is -2.42. The summed E-state index contributed by atoms with van der Waals surface area (Å²) in [5.74, 6) is 2.59. The molecular formula is C17H19N3O2S. The van der Waals surface area contributed by atoms with E-state index in [0.29, 0.717) is 12.4 Å². The minimum atomic E-state index is -0.0121. The number of hydrogen-bond acceptors (Lipinski definition) is 5. The van der Waals surface area contributed by atoms with Crippen LogP contribution < -0.4 is 0 Å². The summed E-state index contributed by atoms with van der Waals surface area (Å²) >= 11 is 1.78.